The van der Waals surface area contributed by atoms with Gasteiger partial charge in [-0.15, -0.1) is 0 Å². The highest BCUT2D eigenvalue weighted by atomic mass is 32.2. The highest BCUT2D eigenvalue weighted by Crippen LogP contribution is 2.32. The maximum atomic E-state index is 13.6. The number of fused-ring (bicyclic) bond motifs is 1. The Morgan fingerprint density at radius 1 is 1.13 bits per heavy atom. The molecule has 1 saturated heterocycles. The summed E-state index contributed by atoms with van der Waals surface area (Å²) in [6.07, 6.45) is 2.66. The summed E-state index contributed by atoms with van der Waals surface area (Å²) in [4.78, 5) is 13.0. The number of rotatable bonds is 5. The number of nitrogens with one attached hydrogen (secondary N) is 1. The summed E-state index contributed by atoms with van der Waals surface area (Å²) >= 11 is 0. The molecular weight excluding hydrogens is 423 g/mol. The number of hydrogen-bond acceptors (Lipinski definition) is 5. The van der Waals surface area contributed by atoms with Crippen LogP contribution < -0.4 is 10.1 Å². The van der Waals surface area contributed by atoms with Crippen molar-refractivity contribution < 1.29 is 26.8 Å². The monoisotopic (exact) mass is 446 g/mol. The standard InChI is InChI=1S/C22H23FN2O5S/c1-14-17-12-15(23)6-8-19(17)30-21(14)22(26)24-18-13-16(7-9-20(18)29-2)31(27,28)25-10-4-3-5-11-25/h6-9,12-13H,3-5,10-11H2,1-2H3,(H,24,26). The van der Waals surface area contributed by atoms with Crippen molar-refractivity contribution in [3.05, 3.63) is 53.5 Å². The second-order valence-corrected chi connectivity index (χ2v) is 9.42. The number of ether oxygens (including phenoxy) is 1. The lowest BCUT2D eigenvalue weighted by atomic mass is 10.1. The molecule has 1 aliphatic heterocycles. The van der Waals surface area contributed by atoms with Gasteiger partial charge in [0.15, 0.2) is 5.76 Å². The average Bonchev–Trinajstić information content (AvgIpc) is 3.10. The van der Waals surface area contributed by atoms with Crippen molar-refractivity contribution in [2.75, 3.05) is 25.5 Å². The minimum absolute atomic E-state index is 0.0203. The van der Waals surface area contributed by atoms with Crippen LogP contribution in [0.15, 0.2) is 45.7 Å². The average molecular weight is 447 g/mol. The summed E-state index contributed by atoms with van der Waals surface area (Å²) in [5, 5.41) is 3.17. The lowest BCUT2D eigenvalue weighted by Gasteiger charge is -2.26. The van der Waals surface area contributed by atoms with E-state index in [1.807, 2.05) is 0 Å². The molecule has 0 spiro atoms. The van der Waals surface area contributed by atoms with Gasteiger partial charge in [0, 0.05) is 24.0 Å². The van der Waals surface area contributed by atoms with Gasteiger partial charge in [0.2, 0.25) is 10.0 Å². The van der Waals surface area contributed by atoms with Gasteiger partial charge < -0.3 is 14.5 Å². The Bertz CT molecular complexity index is 1250. The predicted molar refractivity (Wildman–Crippen MR) is 114 cm³/mol. The summed E-state index contributed by atoms with van der Waals surface area (Å²) in [7, 11) is -2.25. The molecule has 3 aromatic rings. The number of aryl methyl sites for hydroxylation is 1. The molecule has 7 nitrogen and oxygen atoms in total. The quantitative estimate of drug-likeness (QED) is 0.631. The van der Waals surface area contributed by atoms with Gasteiger partial charge >= 0.3 is 0 Å². The van der Waals surface area contributed by atoms with Crippen LogP contribution in [-0.4, -0.2) is 38.8 Å². The molecule has 0 radical (unpaired) electrons. The fourth-order valence-corrected chi connectivity index (χ4v) is 5.33. The van der Waals surface area contributed by atoms with E-state index in [1.165, 1.54) is 47.8 Å². The molecule has 1 N–H and O–H groups in total. The SMILES string of the molecule is COc1ccc(S(=O)(=O)N2CCCCC2)cc1NC(=O)c1oc2ccc(F)cc2c1C. The summed E-state index contributed by atoms with van der Waals surface area (Å²) in [6.45, 7) is 2.62. The molecule has 31 heavy (non-hydrogen) atoms. The van der Waals surface area contributed by atoms with Crippen LogP contribution in [0.25, 0.3) is 11.0 Å². The van der Waals surface area contributed by atoms with Gasteiger partial charge in [-0.25, -0.2) is 12.8 Å². The highest BCUT2D eigenvalue weighted by Gasteiger charge is 2.27. The second kappa shape index (κ2) is 8.32. The molecule has 1 aliphatic rings. The Morgan fingerprint density at radius 3 is 2.58 bits per heavy atom. The van der Waals surface area contributed by atoms with E-state index in [0.29, 0.717) is 35.4 Å². The van der Waals surface area contributed by atoms with E-state index < -0.39 is 21.7 Å². The number of carbonyl (C=O) groups is 1. The number of halogens is 1. The molecule has 0 atom stereocenters. The number of piperidine rings is 1. The van der Waals surface area contributed by atoms with E-state index in [4.69, 9.17) is 9.15 Å². The van der Waals surface area contributed by atoms with Gasteiger partial charge in [-0.2, -0.15) is 4.31 Å². The van der Waals surface area contributed by atoms with Crippen molar-refractivity contribution in [3.8, 4) is 5.75 Å². The molecule has 9 heteroatoms. The van der Waals surface area contributed by atoms with Gasteiger partial charge in [-0.05, 0) is 56.2 Å². The van der Waals surface area contributed by atoms with Crippen molar-refractivity contribution in [2.24, 2.45) is 0 Å². The van der Waals surface area contributed by atoms with E-state index >= 15 is 0 Å². The number of sulfonamides is 1. The number of anilines is 1. The van der Waals surface area contributed by atoms with Gasteiger partial charge in [0.1, 0.15) is 17.1 Å². The molecular formula is C22H23FN2O5S. The van der Waals surface area contributed by atoms with E-state index in [0.717, 1.165) is 19.3 Å². The number of methoxy groups -OCH3 is 1. The van der Waals surface area contributed by atoms with Gasteiger partial charge in [-0.1, -0.05) is 6.42 Å². The zero-order chi connectivity index (χ0) is 22.2. The first-order valence-electron chi connectivity index (χ1n) is 9.99. The molecule has 0 bridgehead atoms. The normalized spacial score (nSPS) is 15.2. The second-order valence-electron chi connectivity index (χ2n) is 7.48. The Morgan fingerprint density at radius 2 is 1.87 bits per heavy atom. The molecule has 0 unspecified atom stereocenters. The smallest absolute Gasteiger partial charge is 0.291 e. The molecule has 2 heterocycles. The number of benzene rings is 2. The Labute approximate surface area is 179 Å². The maximum absolute atomic E-state index is 13.6. The third kappa shape index (κ3) is 4.03. The summed E-state index contributed by atoms with van der Waals surface area (Å²) in [5.74, 6) is -0.682. The van der Waals surface area contributed by atoms with Crippen LogP contribution in [0, 0.1) is 12.7 Å². The van der Waals surface area contributed by atoms with E-state index in [1.54, 1.807) is 6.92 Å². The number of hydrogen-bond donors (Lipinski definition) is 1. The molecule has 1 amide bonds. The Kier molecular flexibility index (Phi) is 5.72. The Balaban J connectivity index is 1.67. The zero-order valence-electron chi connectivity index (χ0n) is 17.3. The zero-order valence-corrected chi connectivity index (χ0v) is 18.1. The van der Waals surface area contributed by atoms with Crippen LogP contribution in [0.2, 0.25) is 0 Å². The van der Waals surface area contributed by atoms with Crippen LogP contribution in [-0.2, 0) is 10.0 Å². The van der Waals surface area contributed by atoms with E-state index in [-0.39, 0.29) is 16.3 Å². The molecule has 2 aromatic carbocycles. The summed E-state index contributed by atoms with van der Waals surface area (Å²) in [5.41, 5.74) is 1.08. The van der Waals surface area contributed by atoms with Crippen LogP contribution in [0.1, 0.15) is 35.4 Å². The maximum Gasteiger partial charge on any atom is 0.291 e. The Hall–Kier alpha value is -2.91. The number of nitrogens with zero attached hydrogens (tertiary/aromatic N) is 1. The first-order chi connectivity index (χ1) is 14.8. The highest BCUT2D eigenvalue weighted by molar-refractivity contribution is 7.89. The van der Waals surface area contributed by atoms with Crippen LogP contribution in [0.4, 0.5) is 10.1 Å². The van der Waals surface area contributed by atoms with Crippen molar-refractivity contribution in [1.29, 1.82) is 0 Å². The fraction of sp³-hybridized carbons (Fsp3) is 0.318. The van der Waals surface area contributed by atoms with Crippen molar-refractivity contribution in [3.63, 3.8) is 0 Å². The van der Waals surface area contributed by atoms with Gasteiger partial charge in [0.05, 0.1) is 17.7 Å². The lowest BCUT2D eigenvalue weighted by Crippen LogP contribution is -2.35. The minimum atomic E-state index is -3.68. The third-order valence-corrected chi connectivity index (χ3v) is 7.37. The van der Waals surface area contributed by atoms with Crippen LogP contribution in [0.3, 0.4) is 0 Å². The number of furan rings is 1. The van der Waals surface area contributed by atoms with Crippen molar-refractivity contribution in [1.82, 2.24) is 4.31 Å². The van der Waals surface area contributed by atoms with Crippen molar-refractivity contribution >= 4 is 32.6 Å². The van der Waals surface area contributed by atoms with Crippen LogP contribution in [0.5, 0.6) is 5.75 Å². The number of amides is 1. The first kappa shape index (κ1) is 21.3. The predicted octanol–water partition coefficient (Wildman–Crippen LogP) is 4.32. The topological polar surface area (TPSA) is 88.9 Å². The fourth-order valence-electron chi connectivity index (χ4n) is 3.79. The first-order valence-corrected chi connectivity index (χ1v) is 11.4. The molecule has 1 aromatic heterocycles. The molecule has 1 fully saturated rings. The lowest BCUT2D eigenvalue weighted by molar-refractivity contribution is 0.0997. The van der Waals surface area contributed by atoms with Gasteiger partial charge in [0.25, 0.3) is 5.91 Å². The molecule has 0 saturated carbocycles. The minimum Gasteiger partial charge on any atom is -0.495 e. The molecule has 4 rings (SSSR count). The van der Waals surface area contributed by atoms with Crippen molar-refractivity contribution in [2.45, 2.75) is 31.1 Å². The molecule has 0 aliphatic carbocycles. The third-order valence-electron chi connectivity index (χ3n) is 5.48. The summed E-state index contributed by atoms with van der Waals surface area (Å²) in [6, 6.07) is 8.38. The van der Waals surface area contributed by atoms with E-state index in [9.17, 15) is 17.6 Å². The summed E-state index contributed by atoms with van der Waals surface area (Å²) < 4.78 is 52.0. The molecule has 164 valence electrons. The van der Waals surface area contributed by atoms with E-state index in [2.05, 4.69) is 5.32 Å². The number of carbonyl (C=O) groups excluding carboxylic acids is 1. The van der Waals surface area contributed by atoms with Gasteiger partial charge in [-0.3, -0.25) is 4.79 Å². The van der Waals surface area contributed by atoms with Crippen LogP contribution >= 0.6 is 0 Å². The largest absolute Gasteiger partial charge is 0.495 e.